The van der Waals surface area contributed by atoms with Crippen molar-refractivity contribution in [3.05, 3.63) is 36.7 Å². The molecule has 1 saturated heterocycles. The van der Waals surface area contributed by atoms with Crippen molar-refractivity contribution in [1.29, 1.82) is 0 Å². The van der Waals surface area contributed by atoms with E-state index in [-0.39, 0.29) is 6.10 Å². The molecule has 0 amide bonds. The Morgan fingerprint density at radius 2 is 1.92 bits per heavy atom. The molecule has 136 valence electrons. The first-order chi connectivity index (χ1) is 12.7. The highest BCUT2D eigenvalue weighted by molar-refractivity contribution is 5.78. The van der Waals surface area contributed by atoms with Crippen molar-refractivity contribution in [2.24, 2.45) is 0 Å². The van der Waals surface area contributed by atoms with Crippen molar-refractivity contribution in [3.8, 4) is 22.8 Å². The topological polar surface area (TPSA) is 72.1 Å². The van der Waals surface area contributed by atoms with Crippen LogP contribution in [0.4, 0.5) is 5.82 Å². The SMILES string of the molecule is COc1ccc(OC)c(-c2cc3c(N4CCC(O)CC4)nccn3n2)c1. The molecule has 1 N–H and O–H groups in total. The zero-order chi connectivity index (χ0) is 18.1. The lowest BCUT2D eigenvalue weighted by Crippen LogP contribution is -2.36. The number of fused-ring (bicyclic) bond motifs is 1. The van der Waals surface area contributed by atoms with Crippen molar-refractivity contribution in [3.63, 3.8) is 0 Å². The van der Waals surface area contributed by atoms with Crippen molar-refractivity contribution in [1.82, 2.24) is 14.6 Å². The van der Waals surface area contributed by atoms with E-state index in [0.717, 1.165) is 60.0 Å². The van der Waals surface area contributed by atoms with Gasteiger partial charge in [-0.25, -0.2) is 9.50 Å². The highest BCUT2D eigenvalue weighted by Gasteiger charge is 2.21. The molecule has 26 heavy (non-hydrogen) atoms. The molecule has 0 atom stereocenters. The van der Waals surface area contributed by atoms with E-state index in [2.05, 4.69) is 9.88 Å². The molecule has 1 aromatic carbocycles. The molecule has 0 saturated carbocycles. The number of aliphatic hydroxyl groups excluding tert-OH is 1. The molecule has 3 aromatic rings. The molecule has 0 spiro atoms. The van der Waals surface area contributed by atoms with Gasteiger partial charge in [0.25, 0.3) is 0 Å². The summed E-state index contributed by atoms with van der Waals surface area (Å²) in [6.45, 7) is 1.58. The molecule has 7 heteroatoms. The van der Waals surface area contributed by atoms with E-state index < -0.39 is 0 Å². The van der Waals surface area contributed by atoms with E-state index in [4.69, 9.17) is 14.6 Å². The van der Waals surface area contributed by atoms with E-state index in [1.165, 1.54) is 0 Å². The van der Waals surface area contributed by atoms with E-state index >= 15 is 0 Å². The molecule has 0 aliphatic carbocycles. The quantitative estimate of drug-likeness (QED) is 0.776. The van der Waals surface area contributed by atoms with Crippen molar-refractivity contribution in [2.75, 3.05) is 32.2 Å². The fourth-order valence-electron chi connectivity index (χ4n) is 3.38. The molecular formula is C19H22N4O3. The second-order valence-electron chi connectivity index (χ2n) is 6.39. The van der Waals surface area contributed by atoms with Crippen LogP contribution < -0.4 is 14.4 Å². The normalized spacial score (nSPS) is 15.4. The monoisotopic (exact) mass is 354 g/mol. The molecule has 3 heterocycles. The van der Waals surface area contributed by atoms with E-state index in [0.29, 0.717) is 0 Å². The largest absolute Gasteiger partial charge is 0.497 e. The minimum atomic E-state index is -0.215. The average Bonchev–Trinajstić information content (AvgIpc) is 3.12. The van der Waals surface area contributed by atoms with Gasteiger partial charge in [0.1, 0.15) is 17.0 Å². The number of methoxy groups -OCH3 is 2. The fraction of sp³-hybridized carbons (Fsp3) is 0.368. The van der Waals surface area contributed by atoms with Gasteiger partial charge in [-0.3, -0.25) is 0 Å². The summed E-state index contributed by atoms with van der Waals surface area (Å²) in [5, 5.41) is 14.5. The van der Waals surface area contributed by atoms with Crippen LogP contribution in [0.25, 0.3) is 16.8 Å². The molecule has 0 radical (unpaired) electrons. The van der Waals surface area contributed by atoms with Gasteiger partial charge in [0, 0.05) is 31.0 Å². The number of anilines is 1. The lowest BCUT2D eigenvalue weighted by Gasteiger charge is -2.30. The van der Waals surface area contributed by atoms with Crippen LogP contribution in [-0.2, 0) is 0 Å². The zero-order valence-electron chi connectivity index (χ0n) is 14.9. The van der Waals surface area contributed by atoms with Crippen molar-refractivity contribution < 1.29 is 14.6 Å². The van der Waals surface area contributed by atoms with E-state index in [1.54, 1.807) is 20.4 Å². The summed E-state index contributed by atoms with van der Waals surface area (Å²) < 4.78 is 12.7. The third-order valence-electron chi connectivity index (χ3n) is 4.82. The van der Waals surface area contributed by atoms with Crippen LogP contribution in [-0.4, -0.2) is 53.1 Å². The average molecular weight is 354 g/mol. The standard InChI is InChI=1S/C19H22N4O3/c1-25-14-3-4-18(26-2)15(11-14)16-12-17-19(20-7-10-23(17)21-16)22-8-5-13(24)6-9-22/h3-4,7,10-13,24H,5-6,8-9H2,1-2H3. The summed E-state index contributed by atoms with van der Waals surface area (Å²) in [4.78, 5) is 6.77. The maximum atomic E-state index is 9.76. The molecule has 1 aliphatic rings. The Bertz CT molecular complexity index is 916. The second-order valence-corrected chi connectivity index (χ2v) is 6.39. The van der Waals surface area contributed by atoms with Crippen LogP contribution in [0, 0.1) is 0 Å². The molecule has 1 fully saturated rings. The summed E-state index contributed by atoms with van der Waals surface area (Å²) in [6.07, 6.45) is 4.90. The molecule has 7 nitrogen and oxygen atoms in total. The first-order valence-electron chi connectivity index (χ1n) is 8.69. The number of hydrogen-bond donors (Lipinski definition) is 1. The van der Waals surface area contributed by atoms with Gasteiger partial charge in [-0.15, -0.1) is 0 Å². The predicted molar refractivity (Wildman–Crippen MR) is 99.0 cm³/mol. The maximum absolute atomic E-state index is 9.76. The maximum Gasteiger partial charge on any atom is 0.154 e. The van der Waals surface area contributed by atoms with Gasteiger partial charge in [0.05, 0.1) is 26.0 Å². The highest BCUT2D eigenvalue weighted by Crippen LogP contribution is 2.34. The number of hydrogen-bond acceptors (Lipinski definition) is 6. The number of benzene rings is 1. The van der Waals surface area contributed by atoms with Gasteiger partial charge < -0.3 is 19.5 Å². The first-order valence-corrected chi connectivity index (χ1v) is 8.69. The number of nitrogens with zero attached hydrogens (tertiary/aromatic N) is 4. The second kappa shape index (κ2) is 6.84. The van der Waals surface area contributed by atoms with E-state index in [1.807, 2.05) is 35.0 Å². The minimum absolute atomic E-state index is 0.215. The zero-order valence-corrected chi connectivity index (χ0v) is 14.9. The highest BCUT2D eigenvalue weighted by atomic mass is 16.5. The Hall–Kier alpha value is -2.80. The van der Waals surface area contributed by atoms with Gasteiger partial charge >= 0.3 is 0 Å². The lowest BCUT2D eigenvalue weighted by atomic mass is 10.1. The third-order valence-corrected chi connectivity index (χ3v) is 4.82. The van der Waals surface area contributed by atoms with E-state index in [9.17, 15) is 5.11 Å². The molecule has 4 rings (SSSR count). The molecule has 0 bridgehead atoms. The van der Waals surface area contributed by atoms with Gasteiger partial charge in [-0.2, -0.15) is 5.10 Å². The van der Waals surface area contributed by atoms with Crippen LogP contribution in [0.15, 0.2) is 36.7 Å². The number of rotatable bonds is 4. The number of aliphatic hydroxyl groups is 1. The molecule has 2 aromatic heterocycles. The number of aromatic nitrogens is 3. The van der Waals surface area contributed by atoms with Gasteiger partial charge in [0.2, 0.25) is 0 Å². The Balaban J connectivity index is 1.78. The molecule has 1 aliphatic heterocycles. The summed E-state index contributed by atoms with van der Waals surface area (Å²) >= 11 is 0. The summed E-state index contributed by atoms with van der Waals surface area (Å²) in [6, 6.07) is 7.68. The first kappa shape index (κ1) is 16.7. The fourth-order valence-corrected chi connectivity index (χ4v) is 3.38. The third kappa shape index (κ3) is 2.94. The Kier molecular flexibility index (Phi) is 4.38. The van der Waals surface area contributed by atoms with Gasteiger partial charge in [-0.1, -0.05) is 0 Å². The Labute approximate surface area is 151 Å². The minimum Gasteiger partial charge on any atom is -0.497 e. The molecular weight excluding hydrogens is 332 g/mol. The summed E-state index contributed by atoms with van der Waals surface area (Å²) in [5.41, 5.74) is 2.60. The Morgan fingerprint density at radius 3 is 2.65 bits per heavy atom. The van der Waals surface area contributed by atoms with Gasteiger partial charge in [-0.05, 0) is 37.1 Å². The van der Waals surface area contributed by atoms with Crippen LogP contribution in [0.2, 0.25) is 0 Å². The van der Waals surface area contributed by atoms with Crippen LogP contribution in [0.3, 0.4) is 0 Å². The van der Waals surface area contributed by atoms with Crippen molar-refractivity contribution in [2.45, 2.75) is 18.9 Å². The van der Waals surface area contributed by atoms with Gasteiger partial charge in [0.15, 0.2) is 5.82 Å². The summed E-state index contributed by atoms with van der Waals surface area (Å²) in [5.74, 6) is 2.38. The number of piperidine rings is 1. The predicted octanol–water partition coefficient (Wildman–Crippen LogP) is 2.37. The Morgan fingerprint density at radius 1 is 1.12 bits per heavy atom. The number of ether oxygens (including phenoxy) is 2. The smallest absolute Gasteiger partial charge is 0.154 e. The lowest BCUT2D eigenvalue weighted by molar-refractivity contribution is 0.145. The van der Waals surface area contributed by atoms with Crippen LogP contribution >= 0.6 is 0 Å². The van der Waals surface area contributed by atoms with Crippen molar-refractivity contribution >= 4 is 11.3 Å². The molecule has 0 unspecified atom stereocenters. The van der Waals surface area contributed by atoms with Crippen LogP contribution in [0.1, 0.15) is 12.8 Å². The van der Waals surface area contributed by atoms with Crippen LogP contribution in [0.5, 0.6) is 11.5 Å². The summed E-state index contributed by atoms with van der Waals surface area (Å²) in [7, 11) is 3.29.